The molecule has 0 bridgehead atoms. The zero-order chi connectivity index (χ0) is 13.2. The van der Waals surface area contributed by atoms with Crippen molar-refractivity contribution in [2.24, 2.45) is 5.73 Å². The van der Waals surface area contributed by atoms with E-state index in [2.05, 4.69) is 22.2 Å². The van der Waals surface area contributed by atoms with Crippen LogP contribution in [0.3, 0.4) is 0 Å². The first-order valence-electron chi connectivity index (χ1n) is 7.04. The maximum atomic E-state index is 5.46. The zero-order valence-corrected chi connectivity index (χ0v) is 11.7. The van der Waals surface area contributed by atoms with Crippen molar-refractivity contribution in [3.05, 3.63) is 17.6 Å². The van der Waals surface area contributed by atoms with Crippen LogP contribution in [0.1, 0.15) is 50.5 Å². The number of aromatic nitrogens is 2. The second-order valence-corrected chi connectivity index (χ2v) is 4.69. The first-order valence-corrected chi connectivity index (χ1v) is 7.04. The van der Waals surface area contributed by atoms with Gasteiger partial charge in [0, 0.05) is 24.7 Å². The molecule has 1 rings (SSSR count). The van der Waals surface area contributed by atoms with Gasteiger partial charge in [-0.15, -0.1) is 0 Å². The van der Waals surface area contributed by atoms with Crippen LogP contribution in [0.15, 0.2) is 6.07 Å². The molecule has 102 valence electrons. The highest BCUT2D eigenvalue weighted by atomic mass is 15.0. The van der Waals surface area contributed by atoms with Gasteiger partial charge in [-0.3, -0.25) is 0 Å². The summed E-state index contributed by atoms with van der Waals surface area (Å²) in [6.07, 6.45) is 6.80. The van der Waals surface area contributed by atoms with Crippen molar-refractivity contribution in [2.45, 2.75) is 52.4 Å². The molecule has 0 aliphatic carbocycles. The number of hydrogen-bond donors (Lipinski definition) is 2. The van der Waals surface area contributed by atoms with Gasteiger partial charge in [0.05, 0.1) is 0 Å². The van der Waals surface area contributed by atoms with E-state index < -0.39 is 0 Å². The molecule has 1 aromatic rings. The van der Waals surface area contributed by atoms with E-state index in [-0.39, 0.29) is 0 Å². The van der Waals surface area contributed by atoms with Gasteiger partial charge < -0.3 is 11.1 Å². The predicted molar refractivity (Wildman–Crippen MR) is 76.8 cm³/mol. The van der Waals surface area contributed by atoms with Gasteiger partial charge in [-0.2, -0.15) is 0 Å². The van der Waals surface area contributed by atoms with Gasteiger partial charge in [-0.05, 0) is 32.7 Å². The topological polar surface area (TPSA) is 63.8 Å². The van der Waals surface area contributed by atoms with Crippen molar-refractivity contribution in [3.63, 3.8) is 0 Å². The molecule has 1 aromatic heterocycles. The number of nitrogens with one attached hydrogen (secondary N) is 1. The fourth-order valence-corrected chi connectivity index (χ4v) is 1.90. The number of aryl methyl sites for hydroxylation is 2. The van der Waals surface area contributed by atoms with E-state index in [0.29, 0.717) is 0 Å². The predicted octanol–water partition coefficient (Wildman–Crippen LogP) is 2.67. The van der Waals surface area contributed by atoms with E-state index in [9.17, 15) is 0 Å². The molecule has 18 heavy (non-hydrogen) atoms. The molecule has 0 atom stereocenters. The van der Waals surface area contributed by atoms with Gasteiger partial charge in [-0.1, -0.05) is 19.8 Å². The van der Waals surface area contributed by atoms with Crippen molar-refractivity contribution < 1.29 is 0 Å². The van der Waals surface area contributed by atoms with Crippen molar-refractivity contribution in [1.29, 1.82) is 0 Å². The normalized spacial score (nSPS) is 10.6. The molecule has 0 saturated carbocycles. The summed E-state index contributed by atoms with van der Waals surface area (Å²) in [6, 6.07) is 2.01. The van der Waals surface area contributed by atoms with Crippen molar-refractivity contribution >= 4 is 5.82 Å². The Labute approximate surface area is 110 Å². The fourth-order valence-electron chi connectivity index (χ4n) is 1.90. The second-order valence-electron chi connectivity index (χ2n) is 4.69. The molecular formula is C14H26N4. The molecule has 1 heterocycles. The van der Waals surface area contributed by atoms with E-state index in [0.717, 1.165) is 49.7 Å². The van der Waals surface area contributed by atoms with Gasteiger partial charge in [0.25, 0.3) is 0 Å². The van der Waals surface area contributed by atoms with Gasteiger partial charge in [-0.25, -0.2) is 9.97 Å². The highest BCUT2D eigenvalue weighted by Crippen LogP contribution is 2.08. The molecule has 0 aliphatic rings. The minimum atomic E-state index is 0.804. The van der Waals surface area contributed by atoms with Crippen LogP contribution in [0, 0.1) is 6.92 Å². The molecule has 0 amide bonds. The monoisotopic (exact) mass is 250 g/mol. The van der Waals surface area contributed by atoms with Crippen LogP contribution < -0.4 is 11.1 Å². The summed E-state index contributed by atoms with van der Waals surface area (Å²) in [7, 11) is 0. The molecule has 4 nitrogen and oxygen atoms in total. The van der Waals surface area contributed by atoms with Crippen LogP contribution in [0.4, 0.5) is 5.82 Å². The Kier molecular flexibility index (Phi) is 7.34. The number of unbranched alkanes of at least 4 members (excludes halogenated alkanes) is 3. The van der Waals surface area contributed by atoms with E-state index in [1.165, 1.54) is 19.3 Å². The Morgan fingerprint density at radius 1 is 1.17 bits per heavy atom. The van der Waals surface area contributed by atoms with Crippen LogP contribution in [-0.2, 0) is 6.42 Å². The first-order chi connectivity index (χ1) is 8.76. The van der Waals surface area contributed by atoms with Gasteiger partial charge in [0.15, 0.2) is 0 Å². The summed E-state index contributed by atoms with van der Waals surface area (Å²) in [5.41, 5.74) is 6.50. The maximum Gasteiger partial charge on any atom is 0.130 e. The molecule has 0 unspecified atom stereocenters. The molecule has 0 saturated heterocycles. The molecule has 0 aliphatic heterocycles. The van der Waals surface area contributed by atoms with Gasteiger partial charge >= 0.3 is 0 Å². The number of anilines is 1. The van der Waals surface area contributed by atoms with Crippen LogP contribution in [-0.4, -0.2) is 23.1 Å². The molecule has 3 N–H and O–H groups in total. The first kappa shape index (κ1) is 14.9. The summed E-state index contributed by atoms with van der Waals surface area (Å²) >= 11 is 0. The van der Waals surface area contributed by atoms with Crippen LogP contribution in [0.5, 0.6) is 0 Å². The Balaban J connectivity index is 2.32. The summed E-state index contributed by atoms with van der Waals surface area (Å²) in [6.45, 7) is 5.95. The van der Waals surface area contributed by atoms with Crippen LogP contribution in [0.25, 0.3) is 0 Å². The van der Waals surface area contributed by atoms with Crippen LogP contribution in [0.2, 0.25) is 0 Å². The zero-order valence-electron chi connectivity index (χ0n) is 11.7. The highest BCUT2D eigenvalue weighted by molar-refractivity contribution is 5.35. The Hall–Kier alpha value is -1.16. The van der Waals surface area contributed by atoms with E-state index in [1.54, 1.807) is 0 Å². The molecule has 0 spiro atoms. The average molecular weight is 250 g/mol. The number of nitrogens with two attached hydrogens (primary N) is 1. The van der Waals surface area contributed by atoms with E-state index >= 15 is 0 Å². The third-order valence-electron chi connectivity index (χ3n) is 2.81. The second kappa shape index (κ2) is 8.86. The molecular weight excluding hydrogens is 224 g/mol. The Bertz CT molecular complexity index is 339. The molecule has 0 fully saturated rings. The van der Waals surface area contributed by atoms with Gasteiger partial charge in [0.2, 0.25) is 0 Å². The van der Waals surface area contributed by atoms with Crippen LogP contribution >= 0.6 is 0 Å². The lowest BCUT2D eigenvalue weighted by atomic mass is 10.2. The number of hydrogen-bond acceptors (Lipinski definition) is 4. The summed E-state index contributed by atoms with van der Waals surface area (Å²) in [5, 5.41) is 3.38. The van der Waals surface area contributed by atoms with Crippen molar-refractivity contribution in [1.82, 2.24) is 9.97 Å². The number of nitrogens with zero attached hydrogens (tertiary/aromatic N) is 2. The highest BCUT2D eigenvalue weighted by Gasteiger charge is 2.01. The molecule has 4 heteroatoms. The average Bonchev–Trinajstić information content (AvgIpc) is 2.33. The lowest BCUT2D eigenvalue weighted by Crippen LogP contribution is -2.07. The summed E-state index contributed by atoms with van der Waals surface area (Å²) in [4.78, 5) is 8.94. The SMILES string of the molecule is CCCc1nc(C)cc(NCCCCCCN)n1. The third kappa shape index (κ3) is 5.96. The lowest BCUT2D eigenvalue weighted by molar-refractivity contribution is 0.660. The number of rotatable bonds is 9. The Morgan fingerprint density at radius 2 is 1.94 bits per heavy atom. The summed E-state index contributed by atoms with van der Waals surface area (Å²) < 4.78 is 0. The quantitative estimate of drug-likeness (QED) is 0.661. The molecule has 0 radical (unpaired) electrons. The third-order valence-corrected chi connectivity index (χ3v) is 2.81. The van der Waals surface area contributed by atoms with Gasteiger partial charge in [0.1, 0.15) is 11.6 Å². The summed E-state index contributed by atoms with van der Waals surface area (Å²) in [5.74, 6) is 1.91. The fraction of sp³-hybridized carbons (Fsp3) is 0.714. The standard InChI is InChI=1S/C14H26N4/c1-3-8-13-17-12(2)11-14(18-13)16-10-7-5-4-6-9-15/h11H,3-10,15H2,1-2H3,(H,16,17,18). The molecule has 0 aromatic carbocycles. The minimum absolute atomic E-state index is 0.804. The van der Waals surface area contributed by atoms with Crippen molar-refractivity contribution in [3.8, 4) is 0 Å². The van der Waals surface area contributed by atoms with E-state index in [1.807, 2.05) is 13.0 Å². The smallest absolute Gasteiger partial charge is 0.130 e. The lowest BCUT2D eigenvalue weighted by Gasteiger charge is -2.08. The minimum Gasteiger partial charge on any atom is -0.370 e. The van der Waals surface area contributed by atoms with Crippen molar-refractivity contribution in [2.75, 3.05) is 18.4 Å². The van der Waals surface area contributed by atoms with E-state index in [4.69, 9.17) is 5.73 Å². The Morgan fingerprint density at radius 3 is 2.67 bits per heavy atom. The maximum absolute atomic E-state index is 5.46. The largest absolute Gasteiger partial charge is 0.370 e.